The summed E-state index contributed by atoms with van der Waals surface area (Å²) < 4.78 is 7.47. The van der Waals surface area contributed by atoms with Crippen LogP contribution in [-0.2, 0) is 7.05 Å². The Hall–Kier alpha value is -2.48. The molecule has 1 aliphatic heterocycles. The molecule has 0 saturated carbocycles. The van der Waals surface area contributed by atoms with Gasteiger partial charge in [0.1, 0.15) is 4.88 Å². The van der Waals surface area contributed by atoms with Gasteiger partial charge in [0, 0.05) is 32.3 Å². The zero-order valence-corrected chi connectivity index (χ0v) is 15.9. The van der Waals surface area contributed by atoms with Crippen molar-refractivity contribution in [3.05, 3.63) is 39.8 Å². The number of nitrogens with zero attached hydrogens (tertiary/aromatic N) is 5. The number of carbonyl (C=O) groups excluding carboxylic acids is 1. The first-order valence-corrected chi connectivity index (χ1v) is 9.53. The molecule has 0 spiro atoms. The van der Waals surface area contributed by atoms with Crippen molar-refractivity contribution in [3.8, 4) is 11.5 Å². The molecule has 4 heterocycles. The topological polar surface area (TPSA) is 77.1 Å². The Morgan fingerprint density at radius 2 is 2.04 bits per heavy atom. The highest BCUT2D eigenvalue weighted by molar-refractivity contribution is 7.13. The second-order valence-corrected chi connectivity index (χ2v) is 7.88. The Morgan fingerprint density at radius 1 is 1.27 bits per heavy atom. The second-order valence-electron chi connectivity index (χ2n) is 6.67. The van der Waals surface area contributed by atoms with Crippen LogP contribution in [0.25, 0.3) is 11.5 Å². The average Bonchev–Trinajstić information content (AvgIpc) is 3.34. The fraction of sp³-hybridized carbons (Fsp3) is 0.444. The van der Waals surface area contributed by atoms with Crippen molar-refractivity contribution in [2.24, 2.45) is 7.05 Å². The maximum absolute atomic E-state index is 12.7. The van der Waals surface area contributed by atoms with Crippen LogP contribution in [0.15, 0.2) is 22.9 Å². The standard InChI is InChI=1S/C18H21N5O2S/c1-11-15(26-12(2)19-11)18(24)23-9-6-13(7-10-23)17-20-16(21-25-17)14-5-4-8-22(14)3/h4-5,8,13H,6-7,9-10H2,1-3H3. The van der Waals surface area contributed by atoms with E-state index in [1.165, 1.54) is 11.3 Å². The largest absolute Gasteiger partial charge is 0.348 e. The summed E-state index contributed by atoms with van der Waals surface area (Å²) in [6.45, 7) is 5.22. The monoisotopic (exact) mass is 371 g/mol. The Morgan fingerprint density at radius 3 is 2.65 bits per heavy atom. The molecule has 3 aromatic heterocycles. The summed E-state index contributed by atoms with van der Waals surface area (Å²) in [5.41, 5.74) is 1.76. The molecular formula is C18H21N5O2S. The van der Waals surface area contributed by atoms with Crippen LogP contribution in [0.4, 0.5) is 0 Å². The molecule has 8 heteroatoms. The summed E-state index contributed by atoms with van der Waals surface area (Å²) >= 11 is 1.47. The molecule has 1 amide bonds. The highest BCUT2D eigenvalue weighted by Gasteiger charge is 2.29. The number of likely N-dealkylation sites (tertiary alicyclic amines) is 1. The zero-order valence-electron chi connectivity index (χ0n) is 15.1. The molecule has 3 aromatic rings. The molecule has 1 fully saturated rings. The number of aryl methyl sites for hydroxylation is 3. The van der Waals surface area contributed by atoms with Gasteiger partial charge in [0.2, 0.25) is 11.7 Å². The number of rotatable bonds is 3. The zero-order chi connectivity index (χ0) is 18.3. The van der Waals surface area contributed by atoms with E-state index in [-0.39, 0.29) is 11.8 Å². The fourth-order valence-electron chi connectivity index (χ4n) is 3.40. The van der Waals surface area contributed by atoms with Gasteiger partial charge in [0.05, 0.1) is 16.4 Å². The van der Waals surface area contributed by atoms with E-state index in [1.807, 2.05) is 48.7 Å². The number of aromatic nitrogens is 4. The lowest BCUT2D eigenvalue weighted by Gasteiger charge is -2.30. The number of thiazole rings is 1. The summed E-state index contributed by atoms with van der Waals surface area (Å²) in [4.78, 5) is 24.3. The minimum Gasteiger partial charge on any atom is -0.348 e. The Bertz CT molecular complexity index is 933. The van der Waals surface area contributed by atoms with Gasteiger partial charge < -0.3 is 14.0 Å². The number of amides is 1. The van der Waals surface area contributed by atoms with E-state index in [0.29, 0.717) is 24.8 Å². The summed E-state index contributed by atoms with van der Waals surface area (Å²) in [6.07, 6.45) is 3.62. The minimum absolute atomic E-state index is 0.0848. The molecule has 0 atom stereocenters. The Balaban J connectivity index is 1.42. The number of hydrogen-bond acceptors (Lipinski definition) is 6. The van der Waals surface area contributed by atoms with E-state index in [1.54, 1.807) is 0 Å². The van der Waals surface area contributed by atoms with Crippen LogP contribution in [0, 0.1) is 13.8 Å². The van der Waals surface area contributed by atoms with Crippen LogP contribution in [0.2, 0.25) is 0 Å². The van der Waals surface area contributed by atoms with Crippen molar-refractivity contribution >= 4 is 17.2 Å². The lowest BCUT2D eigenvalue weighted by atomic mass is 9.96. The third-order valence-electron chi connectivity index (χ3n) is 4.84. The van der Waals surface area contributed by atoms with Gasteiger partial charge in [-0.15, -0.1) is 11.3 Å². The van der Waals surface area contributed by atoms with Gasteiger partial charge in [0.15, 0.2) is 0 Å². The highest BCUT2D eigenvalue weighted by atomic mass is 32.1. The molecule has 0 unspecified atom stereocenters. The number of carbonyl (C=O) groups is 1. The maximum Gasteiger partial charge on any atom is 0.265 e. The van der Waals surface area contributed by atoms with E-state index in [4.69, 9.17) is 4.52 Å². The highest BCUT2D eigenvalue weighted by Crippen LogP contribution is 2.30. The smallest absolute Gasteiger partial charge is 0.265 e. The first-order valence-electron chi connectivity index (χ1n) is 8.71. The van der Waals surface area contributed by atoms with Crippen LogP contribution >= 0.6 is 11.3 Å². The molecule has 1 saturated heterocycles. The van der Waals surface area contributed by atoms with Gasteiger partial charge in [-0.3, -0.25) is 4.79 Å². The molecule has 136 valence electrons. The van der Waals surface area contributed by atoms with Crippen molar-refractivity contribution in [3.63, 3.8) is 0 Å². The second kappa shape index (κ2) is 6.68. The van der Waals surface area contributed by atoms with E-state index >= 15 is 0 Å². The summed E-state index contributed by atoms with van der Waals surface area (Å²) in [5.74, 6) is 1.56. The van der Waals surface area contributed by atoms with Gasteiger partial charge in [-0.1, -0.05) is 5.16 Å². The lowest BCUT2D eigenvalue weighted by Crippen LogP contribution is -2.37. The number of hydrogen-bond donors (Lipinski definition) is 0. The van der Waals surface area contributed by atoms with Gasteiger partial charge in [-0.2, -0.15) is 4.98 Å². The van der Waals surface area contributed by atoms with Crippen LogP contribution in [0.5, 0.6) is 0 Å². The van der Waals surface area contributed by atoms with E-state index in [9.17, 15) is 4.79 Å². The molecule has 26 heavy (non-hydrogen) atoms. The Labute approximate surface area is 155 Å². The molecule has 0 radical (unpaired) electrons. The predicted molar refractivity (Wildman–Crippen MR) is 98.2 cm³/mol. The van der Waals surface area contributed by atoms with Crippen molar-refractivity contribution < 1.29 is 9.32 Å². The van der Waals surface area contributed by atoms with Crippen LogP contribution < -0.4 is 0 Å². The van der Waals surface area contributed by atoms with E-state index in [0.717, 1.165) is 34.1 Å². The lowest BCUT2D eigenvalue weighted by molar-refractivity contribution is 0.0708. The third-order valence-corrected chi connectivity index (χ3v) is 5.90. The predicted octanol–water partition coefficient (Wildman–Crippen LogP) is 3.17. The average molecular weight is 371 g/mol. The number of piperidine rings is 1. The fourth-order valence-corrected chi connectivity index (χ4v) is 4.29. The molecule has 1 aliphatic rings. The first kappa shape index (κ1) is 17.0. The molecule has 7 nitrogen and oxygen atoms in total. The SMILES string of the molecule is Cc1nc(C)c(C(=O)N2CCC(c3nc(-c4cccn4C)no3)CC2)s1. The molecule has 4 rings (SSSR count). The van der Waals surface area contributed by atoms with Crippen molar-refractivity contribution in [2.75, 3.05) is 13.1 Å². The summed E-state index contributed by atoms with van der Waals surface area (Å²) in [7, 11) is 1.96. The molecule has 0 aromatic carbocycles. The van der Waals surface area contributed by atoms with Crippen LogP contribution in [0.1, 0.15) is 45.0 Å². The Kier molecular flexibility index (Phi) is 4.36. The molecule has 0 N–H and O–H groups in total. The van der Waals surface area contributed by atoms with Crippen molar-refractivity contribution in [1.82, 2.24) is 24.6 Å². The maximum atomic E-state index is 12.7. The van der Waals surface area contributed by atoms with Crippen molar-refractivity contribution in [1.29, 1.82) is 0 Å². The van der Waals surface area contributed by atoms with Crippen LogP contribution in [-0.4, -0.2) is 43.6 Å². The normalized spacial score (nSPS) is 15.6. The molecular weight excluding hydrogens is 350 g/mol. The van der Waals surface area contributed by atoms with Crippen molar-refractivity contribution in [2.45, 2.75) is 32.6 Å². The summed E-state index contributed by atoms with van der Waals surface area (Å²) in [6, 6.07) is 3.92. The van der Waals surface area contributed by atoms with E-state index < -0.39 is 0 Å². The first-order chi connectivity index (χ1) is 12.5. The van der Waals surface area contributed by atoms with Gasteiger partial charge in [-0.05, 0) is 38.8 Å². The van der Waals surface area contributed by atoms with Gasteiger partial charge in [0.25, 0.3) is 5.91 Å². The van der Waals surface area contributed by atoms with Crippen LogP contribution in [0.3, 0.4) is 0 Å². The molecule has 0 aliphatic carbocycles. The van der Waals surface area contributed by atoms with E-state index in [2.05, 4.69) is 15.1 Å². The minimum atomic E-state index is 0.0848. The quantitative estimate of drug-likeness (QED) is 0.707. The van der Waals surface area contributed by atoms with Gasteiger partial charge in [-0.25, -0.2) is 4.98 Å². The summed E-state index contributed by atoms with van der Waals surface area (Å²) in [5, 5.41) is 5.05. The van der Waals surface area contributed by atoms with Gasteiger partial charge >= 0.3 is 0 Å². The molecule has 0 bridgehead atoms. The third kappa shape index (κ3) is 3.05.